The highest BCUT2D eigenvalue weighted by molar-refractivity contribution is 6.07. The lowest BCUT2D eigenvalue weighted by atomic mass is 10.1. The number of fused-ring (bicyclic) bond motifs is 2. The van der Waals surface area contributed by atoms with E-state index in [4.69, 9.17) is 25.5 Å². The number of ether oxygens (including phenoxy) is 1. The lowest BCUT2D eigenvalue weighted by Crippen LogP contribution is -2.86. The number of carbonyl (C=O) groups excluding carboxylic acids is 2. The minimum atomic E-state index is -1.08. The van der Waals surface area contributed by atoms with Crippen molar-refractivity contribution in [2.75, 3.05) is 31.2 Å². The van der Waals surface area contributed by atoms with Crippen LogP contribution in [0.3, 0.4) is 0 Å². The molecule has 6 N–H and O–H groups in total. The summed E-state index contributed by atoms with van der Waals surface area (Å²) in [6.45, 7) is 5.20. The van der Waals surface area contributed by atoms with Crippen molar-refractivity contribution in [2.45, 2.75) is 39.2 Å². The summed E-state index contributed by atoms with van der Waals surface area (Å²) in [7, 11) is 1.58. The van der Waals surface area contributed by atoms with Crippen LogP contribution in [0.5, 0.6) is 5.75 Å². The molecule has 218 valence electrons. The summed E-state index contributed by atoms with van der Waals surface area (Å²) in [5.74, 6) is -0.419. The SMILES string of the molecule is CC(=O)[O-].CCc1ccc2[nH]c(C(=O)Nc3ccc(-c4nn(C5CC[NH2+]CC5)c5ncnc(N)c45)cc3OC)cc2c1. The molecule has 1 amide bonds. The maximum Gasteiger partial charge on any atom is 0.272 e. The molecular formula is C30H34N8O4. The topological polar surface area (TPSA) is 180 Å². The van der Waals surface area contributed by atoms with Gasteiger partial charge in [0.25, 0.3) is 5.91 Å². The molecule has 5 aromatic rings. The number of rotatable bonds is 6. The zero-order valence-electron chi connectivity index (χ0n) is 23.8. The van der Waals surface area contributed by atoms with Crippen LogP contribution in [0, 0.1) is 0 Å². The number of nitrogens with one attached hydrogen (secondary N) is 2. The smallest absolute Gasteiger partial charge is 0.272 e. The molecule has 42 heavy (non-hydrogen) atoms. The van der Waals surface area contributed by atoms with Crippen molar-refractivity contribution in [1.82, 2.24) is 24.7 Å². The summed E-state index contributed by atoms with van der Waals surface area (Å²) in [6, 6.07) is 13.9. The number of aromatic nitrogens is 5. The van der Waals surface area contributed by atoms with Crippen molar-refractivity contribution in [1.29, 1.82) is 0 Å². The van der Waals surface area contributed by atoms with Gasteiger partial charge in [-0.25, -0.2) is 14.6 Å². The number of quaternary nitrogens is 1. The van der Waals surface area contributed by atoms with E-state index < -0.39 is 5.97 Å². The molecule has 12 heteroatoms. The van der Waals surface area contributed by atoms with Gasteiger partial charge in [0.15, 0.2) is 5.65 Å². The van der Waals surface area contributed by atoms with Crippen molar-refractivity contribution in [3.8, 4) is 17.0 Å². The number of methoxy groups -OCH3 is 1. The highest BCUT2D eigenvalue weighted by atomic mass is 16.5. The molecule has 1 aliphatic rings. The Morgan fingerprint density at radius 3 is 2.64 bits per heavy atom. The number of nitrogens with zero attached hydrogens (tertiary/aromatic N) is 4. The molecule has 0 radical (unpaired) electrons. The third-order valence-corrected chi connectivity index (χ3v) is 7.33. The molecule has 0 aliphatic carbocycles. The number of amides is 1. The zero-order chi connectivity index (χ0) is 29.8. The van der Waals surface area contributed by atoms with Crippen LogP contribution in [0.2, 0.25) is 0 Å². The van der Waals surface area contributed by atoms with Crippen molar-refractivity contribution in [2.24, 2.45) is 0 Å². The molecule has 0 atom stereocenters. The van der Waals surface area contributed by atoms with Gasteiger partial charge in [-0.3, -0.25) is 4.79 Å². The van der Waals surface area contributed by atoms with E-state index in [1.54, 1.807) is 7.11 Å². The third-order valence-electron chi connectivity index (χ3n) is 7.33. The van der Waals surface area contributed by atoms with Gasteiger partial charge in [-0.15, -0.1) is 0 Å². The van der Waals surface area contributed by atoms with Crippen molar-refractivity contribution < 1.29 is 24.7 Å². The third kappa shape index (κ3) is 5.88. The number of nitrogen functional groups attached to an aromatic ring is 1. The first kappa shape index (κ1) is 28.6. The first-order valence-electron chi connectivity index (χ1n) is 13.9. The molecule has 0 unspecified atom stereocenters. The molecule has 0 bridgehead atoms. The number of carbonyl (C=O) groups is 2. The van der Waals surface area contributed by atoms with Gasteiger partial charge in [0, 0.05) is 35.3 Å². The minimum absolute atomic E-state index is 0.244. The van der Waals surface area contributed by atoms with Crippen LogP contribution < -0.4 is 26.2 Å². The van der Waals surface area contributed by atoms with Crippen LogP contribution in [0.1, 0.15) is 48.8 Å². The van der Waals surface area contributed by atoms with Gasteiger partial charge in [0.1, 0.15) is 29.3 Å². The number of H-pyrrole nitrogens is 1. The zero-order valence-corrected chi connectivity index (χ0v) is 23.8. The van der Waals surface area contributed by atoms with E-state index in [1.165, 1.54) is 11.9 Å². The Morgan fingerprint density at radius 2 is 1.93 bits per heavy atom. The number of piperidine rings is 1. The molecule has 3 aromatic heterocycles. The average Bonchev–Trinajstić information content (AvgIpc) is 3.60. The maximum atomic E-state index is 13.1. The van der Waals surface area contributed by atoms with Crippen LogP contribution in [-0.2, 0) is 11.2 Å². The lowest BCUT2D eigenvalue weighted by molar-refractivity contribution is -0.664. The molecule has 2 aromatic carbocycles. The summed E-state index contributed by atoms with van der Waals surface area (Å²) in [6.07, 6.45) is 4.46. The molecule has 4 heterocycles. The van der Waals surface area contributed by atoms with E-state index in [0.717, 1.165) is 66.8 Å². The fourth-order valence-electron chi connectivity index (χ4n) is 5.26. The highest BCUT2D eigenvalue weighted by Gasteiger charge is 2.25. The predicted octanol–water partition coefficient (Wildman–Crippen LogP) is 2.03. The largest absolute Gasteiger partial charge is 0.550 e. The highest BCUT2D eigenvalue weighted by Crippen LogP contribution is 2.37. The average molecular weight is 571 g/mol. The second-order valence-electron chi connectivity index (χ2n) is 10.2. The Labute approximate surface area is 242 Å². The molecule has 0 spiro atoms. The van der Waals surface area contributed by atoms with Gasteiger partial charge in [-0.1, -0.05) is 19.1 Å². The maximum absolute atomic E-state index is 13.1. The minimum Gasteiger partial charge on any atom is -0.550 e. The van der Waals surface area contributed by atoms with E-state index in [1.807, 2.05) is 35.0 Å². The summed E-state index contributed by atoms with van der Waals surface area (Å²) in [5, 5.41) is 20.9. The molecule has 0 saturated carbocycles. The van der Waals surface area contributed by atoms with E-state index >= 15 is 0 Å². The monoisotopic (exact) mass is 570 g/mol. The van der Waals surface area contributed by atoms with Crippen LogP contribution in [0.4, 0.5) is 11.5 Å². The normalized spacial score (nSPS) is 13.5. The number of nitrogens with two attached hydrogens (primary N) is 2. The van der Waals surface area contributed by atoms with Gasteiger partial charge in [-0.05, 0) is 49.2 Å². The number of carboxylic acids is 1. The number of aryl methyl sites for hydroxylation is 1. The number of aromatic amines is 1. The van der Waals surface area contributed by atoms with Gasteiger partial charge in [0.05, 0.1) is 37.3 Å². The second kappa shape index (κ2) is 12.3. The number of aliphatic carboxylic acids is 1. The number of hydrogen-bond donors (Lipinski definition) is 4. The molecule has 12 nitrogen and oxygen atoms in total. The van der Waals surface area contributed by atoms with Crippen LogP contribution >= 0.6 is 0 Å². The van der Waals surface area contributed by atoms with E-state index in [9.17, 15) is 4.79 Å². The molecule has 1 fully saturated rings. The van der Waals surface area contributed by atoms with Crippen LogP contribution in [0.25, 0.3) is 33.2 Å². The second-order valence-corrected chi connectivity index (χ2v) is 10.2. The summed E-state index contributed by atoms with van der Waals surface area (Å²) >= 11 is 0. The number of carboxylic acid groups (broad SMARTS) is 1. The molecular weight excluding hydrogens is 536 g/mol. The van der Waals surface area contributed by atoms with Gasteiger partial charge >= 0.3 is 0 Å². The van der Waals surface area contributed by atoms with Gasteiger partial charge < -0.3 is 36.0 Å². The van der Waals surface area contributed by atoms with E-state index in [2.05, 4.69) is 44.6 Å². The fourth-order valence-corrected chi connectivity index (χ4v) is 5.26. The predicted molar refractivity (Wildman–Crippen MR) is 158 cm³/mol. The fraction of sp³-hybridized carbons (Fsp3) is 0.300. The quantitative estimate of drug-likeness (QED) is 0.239. The van der Waals surface area contributed by atoms with Crippen molar-refractivity contribution in [3.63, 3.8) is 0 Å². The molecule has 1 aliphatic heterocycles. The Bertz CT molecular complexity index is 1750. The first-order chi connectivity index (χ1) is 20.3. The van der Waals surface area contributed by atoms with Crippen molar-refractivity contribution in [3.05, 3.63) is 60.0 Å². The standard InChI is InChI=1S/C28H30N8O2.C2H4O2/c1-3-16-4-6-20-18(12-16)13-22(33-20)28(37)34-21-7-5-17(14-23(21)38-2)25-24-26(29)31-15-32-27(24)36(35-25)19-8-10-30-11-9-19;1-2(3)4/h4-7,12-15,19,30,33H,3,8-11H2,1-2H3,(H,34,37)(H2,29,31,32);1H3,(H,3,4). The summed E-state index contributed by atoms with van der Waals surface area (Å²) in [4.78, 5) is 34.0. The molecule has 1 saturated heterocycles. The van der Waals surface area contributed by atoms with Crippen molar-refractivity contribution >= 4 is 45.3 Å². The van der Waals surface area contributed by atoms with Crippen LogP contribution in [0.15, 0.2) is 48.8 Å². The molecule has 6 rings (SSSR count). The summed E-state index contributed by atoms with van der Waals surface area (Å²) < 4.78 is 7.67. The van der Waals surface area contributed by atoms with Gasteiger partial charge in [-0.2, -0.15) is 5.10 Å². The lowest BCUT2D eigenvalue weighted by Gasteiger charge is -2.21. The number of benzene rings is 2. The number of anilines is 2. The van der Waals surface area contributed by atoms with Crippen LogP contribution in [-0.4, -0.2) is 56.8 Å². The summed E-state index contributed by atoms with van der Waals surface area (Å²) in [5.41, 5.74) is 11.8. The first-order valence-corrected chi connectivity index (χ1v) is 13.9. The van der Waals surface area contributed by atoms with E-state index in [0.29, 0.717) is 28.6 Å². The Balaban J connectivity index is 0.000000830. The van der Waals surface area contributed by atoms with E-state index in [-0.39, 0.29) is 11.9 Å². The Hall–Kier alpha value is -4.97. The Morgan fingerprint density at radius 1 is 1.17 bits per heavy atom. The number of hydrogen-bond acceptors (Lipinski definition) is 8. The Kier molecular flexibility index (Phi) is 8.34. The van der Waals surface area contributed by atoms with Gasteiger partial charge in [0.2, 0.25) is 0 Å².